The minimum atomic E-state index is -4.51. The van der Waals surface area contributed by atoms with E-state index in [4.69, 9.17) is 5.73 Å². The molecule has 148 valence electrons. The van der Waals surface area contributed by atoms with Crippen molar-refractivity contribution in [2.45, 2.75) is 30.0 Å². The van der Waals surface area contributed by atoms with Gasteiger partial charge in [-0.3, -0.25) is 0 Å². The van der Waals surface area contributed by atoms with E-state index in [0.717, 1.165) is 23.8 Å². The molecule has 1 saturated heterocycles. The average Bonchev–Trinajstić information content (AvgIpc) is 2.97. The zero-order valence-electron chi connectivity index (χ0n) is 14.5. The van der Waals surface area contributed by atoms with Gasteiger partial charge >= 0.3 is 6.18 Å². The van der Waals surface area contributed by atoms with Gasteiger partial charge < -0.3 is 5.73 Å². The van der Waals surface area contributed by atoms with Gasteiger partial charge in [-0.05, 0) is 36.2 Å². The molecule has 1 heterocycles. The number of nitrogens with two attached hydrogens (primary N) is 1. The predicted molar refractivity (Wildman–Crippen MR) is 99.3 cm³/mol. The molecule has 0 bridgehead atoms. The third-order valence-corrected chi connectivity index (χ3v) is 6.67. The molecule has 0 aromatic heterocycles. The molecule has 0 saturated carbocycles. The third kappa shape index (κ3) is 4.29. The van der Waals surface area contributed by atoms with E-state index >= 15 is 0 Å². The fraction of sp³-hybridized carbons (Fsp3) is 0.333. The molecule has 0 spiro atoms. The van der Waals surface area contributed by atoms with Gasteiger partial charge in [0.1, 0.15) is 0 Å². The van der Waals surface area contributed by atoms with Crippen LogP contribution in [0.25, 0.3) is 0 Å². The van der Waals surface area contributed by atoms with Crippen LogP contribution in [0.2, 0.25) is 0 Å². The van der Waals surface area contributed by atoms with Crippen molar-refractivity contribution in [2.75, 3.05) is 13.1 Å². The molecule has 0 amide bonds. The SMILES string of the molecule is Cc1cc(C(F)(F)F)ccc1S(=O)(=O)N1C[C@@H](N)[C@H](c2ccccc2)C1.Cl. The Kier molecular flexibility index (Phi) is 6.26. The Labute approximate surface area is 162 Å². The number of sulfonamides is 1. The summed E-state index contributed by atoms with van der Waals surface area (Å²) in [5.41, 5.74) is 6.29. The van der Waals surface area contributed by atoms with Crippen LogP contribution in [-0.2, 0) is 16.2 Å². The van der Waals surface area contributed by atoms with E-state index in [1.807, 2.05) is 30.3 Å². The highest BCUT2D eigenvalue weighted by atomic mass is 35.5. The first-order chi connectivity index (χ1) is 12.1. The van der Waals surface area contributed by atoms with E-state index in [1.165, 1.54) is 11.2 Å². The van der Waals surface area contributed by atoms with E-state index < -0.39 is 21.8 Å². The minimum Gasteiger partial charge on any atom is -0.326 e. The van der Waals surface area contributed by atoms with Crippen LogP contribution >= 0.6 is 12.4 Å². The maximum Gasteiger partial charge on any atom is 0.416 e. The molecule has 1 aliphatic heterocycles. The van der Waals surface area contributed by atoms with Crippen LogP contribution < -0.4 is 5.73 Å². The van der Waals surface area contributed by atoms with Crippen LogP contribution in [0.3, 0.4) is 0 Å². The molecule has 2 atom stereocenters. The highest BCUT2D eigenvalue weighted by molar-refractivity contribution is 7.89. The molecule has 1 fully saturated rings. The van der Waals surface area contributed by atoms with Crippen molar-refractivity contribution in [3.05, 3.63) is 65.2 Å². The maximum absolute atomic E-state index is 12.9. The average molecular weight is 421 g/mol. The van der Waals surface area contributed by atoms with Crippen LogP contribution in [-0.4, -0.2) is 31.9 Å². The monoisotopic (exact) mass is 420 g/mol. The molecular weight excluding hydrogens is 401 g/mol. The van der Waals surface area contributed by atoms with Crippen LogP contribution in [0.15, 0.2) is 53.4 Å². The van der Waals surface area contributed by atoms with Crippen LogP contribution in [0, 0.1) is 6.92 Å². The number of halogens is 4. The van der Waals surface area contributed by atoms with Gasteiger partial charge in [0.05, 0.1) is 10.5 Å². The lowest BCUT2D eigenvalue weighted by Gasteiger charge is -2.19. The zero-order chi connectivity index (χ0) is 19.1. The Morgan fingerprint density at radius 2 is 1.70 bits per heavy atom. The number of benzene rings is 2. The molecule has 2 aromatic carbocycles. The van der Waals surface area contributed by atoms with Gasteiger partial charge in [-0.15, -0.1) is 12.4 Å². The van der Waals surface area contributed by atoms with Gasteiger partial charge in [0, 0.05) is 25.0 Å². The number of alkyl halides is 3. The molecule has 0 aliphatic carbocycles. The number of nitrogens with zero attached hydrogens (tertiary/aromatic N) is 1. The normalized spacial score (nSPS) is 21.1. The Morgan fingerprint density at radius 3 is 2.26 bits per heavy atom. The second kappa shape index (κ2) is 7.79. The van der Waals surface area contributed by atoms with Crippen molar-refractivity contribution in [2.24, 2.45) is 5.73 Å². The minimum absolute atomic E-state index is 0. The molecule has 2 aromatic rings. The topological polar surface area (TPSA) is 63.4 Å². The van der Waals surface area contributed by atoms with Gasteiger partial charge in [-0.1, -0.05) is 30.3 Å². The Balaban J connectivity index is 0.00000261. The fourth-order valence-electron chi connectivity index (χ4n) is 3.30. The lowest BCUT2D eigenvalue weighted by Crippen LogP contribution is -2.32. The Hall–Kier alpha value is -1.61. The first-order valence-electron chi connectivity index (χ1n) is 8.09. The number of aryl methyl sites for hydroxylation is 1. The van der Waals surface area contributed by atoms with Crippen LogP contribution in [0.5, 0.6) is 0 Å². The largest absolute Gasteiger partial charge is 0.416 e. The summed E-state index contributed by atoms with van der Waals surface area (Å²) in [5, 5.41) is 0. The number of hydrogen-bond donors (Lipinski definition) is 1. The summed E-state index contributed by atoms with van der Waals surface area (Å²) < 4.78 is 65.5. The van der Waals surface area contributed by atoms with Crippen molar-refractivity contribution >= 4 is 22.4 Å². The van der Waals surface area contributed by atoms with Gasteiger partial charge in [0.25, 0.3) is 0 Å². The number of rotatable bonds is 3. The van der Waals surface area contributed by atoms with E-state index in [0.29, 0.717) is 0 Å². The standard InChI is InChI=1S/C18H19F3N2O2S.ClH/c1-12-9-14(18(19,20)21)7-8-17(12)26(24,25)23-10-15(16(22)11-23)13-5-3-2-4-6-13;/h2-9,15-16H,10-11,22H2,1H3;1H/t15-,16+;/m0./s1. The Morgan fingerprint density at radius 1 is 1.07 bits per heavy atom. The summed E-state index contributed by atoms with van der Waals surface area (Å²) in [5.74, 6) is -0.152. The summed E-state index contributed by atoms with van der Waals surface area (Å²) in [6, 6.07) is 11.7. The van der Waals surface area contributed by atoms with E-state index in [9.17, 15) is 21.6 Å². The molecule has 0 unspecified atom stereocenters. The van der Waals surface area contributed by atoms with E-state index in [-0.39, 0.29) is 47.9 Å². The summed E-state index contributed by atoms with van der Waals surface area (Å²) >= 11 is 0. The first-order valence-corrected chi connectivity index (χ1v) is 9.53. The molecule has 3 rings (SSSR count). The molecule has 9 heteroatoms. The summed E-state index contributed by atoms with van der Waals surface area (Å²) in [7, 11) is -3.92. The van der Waals surface area contributed by atoms with Gasteiger partial charge in [-0.25, -0.2) is 8.42 Å². The molecular formula is C18H20ClF3N2O2S. The lowest BCUT2D eigenvalue weighted by molar-refractivity contribution is -0.137. The van der Waals surface area contributed by atoms with Crippen LogP contribution in [0.4, 0.5) is 13.2 Å². The second-order valence-corrected chi connectivity index (χ2v) is 8.39. The summed E-state index contributed by atoms with van der Waals surface area (Å²) in [6.45, 7) is 1.70. The molecule has 2 N–H and O–H groups in total. The molecule has 27 heavy (non-hydrogen) atoms. The second-order valence-electron chi connectivity index (χ2n) is 6.48. The van der Waals surface area contributed by atoms with Crippen molar-refractivity contribution < 1.29 is 21.6 Å². The van der Waals surface area contributed by atoms with Crippen LogP contribution in [0.1, 0.15) is 22.6 Å². The summed E-state index contributed by atoms with van der Waals surface area (Å²) in [4.78, 5) is -0.119. The molecule has 4 nitrogen and oxygen atoms in total. The van der Waals surface area contributed by atoms with Gasteiger partial charge in [0.15, 0.2) is 0 Å². The zero-order valence-corrected chi connectivity index (χ0v) is 16.1. The van der Waals surface area contributed by atoms with Crippen molar-refractivity contribution in [3.63, 3.8) is 0 Å². The highest BCUT2D eigenvalue weighted by Gasteiger charge is 2.39. The number of hydrogen-bond acceptors (Lipinski definition) is 3. The van der Waals surface area contributed by atoms with Crippen molar-refractivity contribution in [1.82, 2.24) is 4.31 Å². The first kappa shape index (κ1) is 21.7. The molecule has 0 radical (unpaired) electrons. The predicted octanol–water partition coefficient (Wildman–Crippen LogP) is 3.55. The summed E-state index contributed by atoms with van der Waals surface area (Å²) in [6.07, 6.45) is -4.51. The third-order valence-electron chi connectivity index (χ3n) is 4.68. The quantitative estimate of drug-likeness (QED) is 0.825. The Bertz CT molecular complexity index is 905. The highest BCUT2D eigenvalue weighted by Crippen LogP contribution is 2.34. The van der Waals surface area contributed by atoms with Crippen molar-refractivity contribution in [3.8, 4) is 0 Å². The maximum atomic E-state index is 12.9. The van der Waals surface area contributed by atoms with Gasteiger partial charge in [0.2, 0.25) is 10.0 Å². The lowest BCUT2D eigenvalue weighted by atomic mass is 9.95. The molecule has 1 aliphatic rings. The smallest absolute Gasteiger partial charge is 0.326 e. The van der Waals surface area contributed by atoms with Gasteiger partial charge in [-0.2, -0.15) is 17.5 Å². The van der Waals surface area contributed by atoms with E-state index in [2.05, 4.69) is 0 Å². The van der Waals surface area contributed by atoms with E-state index in [1.54, 1.807) is 0 Å². The van der Waals surface area contributed by atoms with Crippen molar-refractivity contribution in [1.29, 1.82) is 0 Å². The fourth-order valence-corrected chi connectivity index (χ4v) is 5.00.